The van der Waals surface area contributed by atoms with Gasteiger partial charge in [-0.2, -0.15) is 0 Å². The van der Waals surface area contributed by atoms with Gasteiger partial charge in [-0.15, -0.1) is 0 Å². The van der Waals surface area contributed by atoms with E-state index in [4.69, 9.17) is 4.74 Å². The number of amides is 1. The number of hydrogen-bond donors (Lipinski definition) is 0. The van der Waals surface area contributed by atoms with Crippen LogP contribution in [0.5, 0.6) is 0 Å². The summed E-state index contributed by atoms with van der Waals surface area (Å²) >= 11 is 0. The Morgan fingerprint density at radius 1 is 1.69 bits per heavy atom. The number of carbonyl (C=O) groups is 2. The van der Waals surface area contributed by atoms with Gasteiger partial charge in [-0.1, -0.05) is 6.92 Å². The molecule has 1 amide bonds. The van der Waals surface area contributed by atoms with Gasteiger partial charge in [0.15, 0.2) is 5.78 Å². The molecule has 0 aliphatic carbocycles. The number of ketones is 1. The van der Waals surface area contributed by atoms with E-state index in [9.17, 15) is 9.59 Å². The Morgan fingerprint density at radius 2 is 2.38 bits per heavy atom. The van der Waals surface area contributed by atoms with Gasteiger partial charge in [0.2, 0.25) is 0 Å². The van der Waals surface area contributed by atoms with Gasteiger partial charge < -0.3 is 9.64 Å². The molecule has 1 saturated heterocycles. The van der Waals surface area contributed by atoms with E-state index in [2.05, 4.69) is 0 Å². The van der Waals surface area contributed by atoms with E-state index in [1.807, 2.05) is 6.92 Å². The average molecular weight is 185 g/mol. The molecule has 0 bridgehead atoms. The summed E-state index contributed by atoms with van der Waals surface area (Å²) in [5.74, 6) is 0.213. The summed E-state index contributed by atoms with van der Waals surface area (Å²) < 4.78 is 4.80. The lowest BCUT2D eigenvalue weighted by Crippen LogP contribution is -2.43. The Bertz CT molecular complexity index is 215. The summed E-state index contributed by atoms with van der Waals surface area (Å²) in [6.07, 6.45) is 0.375. The van der Waals surface area contributed by atoms with Crippen molar-refractivity contribution in [3.05, 3.63) is 0 Å². The molecule has 0 saturated carbocycles. The van der Waals surface area contributed by atoms with E-state index in [0.717, 1.165) is 6.42 Å². The van der Waals surface area contributed by atoms with Crippen LogP contribution in [0.15, 0.2) is 0 Å². The largest absolute Gasteiger partial charge is 0.450 e. The standard InChI is InChI=1S/C9H15NO3/c1-3-13-9(12)10-5-4-7(2)8(11)6-10/h7H,3-6H2,1-2H3. The second kappa shape index (κ2) is 4.25. The number of hydrogen-bond acceptors (Lipinski definition) is 3. The van der Waals surface area contributed by atoms with Crippen molar-refractivity contribution in [3.8, 4) is 0 Å². The van der Waals surface area contributed by atoms with Crippen molar-refractivity contribution in [1.82, 2.24) is 4.90 Å². The van der Waals surface area contributed by atoms with Crippen LogP contribution in [0.4, 0.5) is 4.79 Å². The van der Waals surface area contributed by atoms with Crippen molar-refractivity contribution in [1.29, 1.82) is 0 Å². The summed E-state index contributed by atoms with van der Waals surface area (Å²) in [7, 11) is 0. The van der Waals surface area contributed by atoms with Gasteiger partial charge >= 0.3 is 6.09 Å². The Labute approximate surface area is 77.8 Å². The Morgan fingerprint density at radius 3 is 2.92 bits per heavy atom. The molecule has 1 unspecified atom stereocenters. The fraction of sp³-hybridized carbons (Fsp3) is 0.778. The van der Waals surface area contributed by atoms with E-state index in [-0.39, 0.29) is 24.3 Å². The van der Waals surface area contributed by atoms with Gasteiger partial charge in [-0.25, -0.2) is 4.79 Å². The molecule has 1 rings (SSSR count). The van der Waals surface area contributed by atoms with Crippen LogP contribution in [0, 0.1) is 5.92 Å². The highest BCUT2D eigenvalue weighted by atomic mass is 16.6. The number of likely N-dealkylation sites (tertiary alicyclic amines) is 1. The highest BCUT2D eigenvalue weighted by Gasteiger charge is 2.27. The Hall–Kier alpha value is -1.06. The first-order valence-corrected chi connectivity index (χ1v) is 4.59. The smallest absolute Gasteiger partial charge is 0.410 e. The number of piperidine rings is 1. The van der Waals surface area contributed by atoms with Crippen LogP contribution in [0.1, 0.15) is 20.3 Å². The van der Waals surface area contributed by atoms with Crippen LogP contribution >= 0.6 is 0 Å². The molecule has 13 heavy (non-hydrogen) atoms. The number of carbonyl (C=O) groups excluding carboxylic acids is 2. The molecule has 0 N–H and O–H groups in total. The second-order valence-corrected chi connectivity index (χ2v) is 3.28. The highest BCUT2D eigenvalue weighted by molar-refractivity contribution is 5.86. The van der Waals surface area contributed by atoms with E-state index in [0.29, 0.717) is 13.2 Å². The van der Waals surface area contributed by atoms with Crippen molar-refractivity contribution in [2.75, 3.05) is 19.7 Å². The van der Waals surface area contributed by atoms with Crippen LogP contribution in [-0.2, 0) is 9.53 Å². The molecule has 1 fully saturated rings. The maximum atomic E-state index is 11.3. The molecular formula is C9H15NO3. The van der Waals surface area contributed by atoms with Crippen molar-refractivity contribution in [2.24, 2.45) is 5.92 Å². The van der Waals surface area contributed by atoms with Crippen LogP contribution in [0.25, 0.3) is 0 Å². The first-order valence-electron chi connectivity index (χ1n) is 4.59. The molecule has 1 heterocycles. The molecule has 74 valence electrons. The average Bonchev–Trinajstić information content (AvgIpc) is 2.10. The quantitative estimate of drug-likeness (QED) is 0.613. The zero-order valence-corrected chi connectivity index (χ0v) is 8.08. The molecule has 0 aromatic carbocycles. The van der Waals surface area contributed by atoms with Gasteiger partial charge in [0.25, 0.3) is 0 Å². The molecule has 4 nitrogen and oxygen atoms in total. The minimum Gasteiger partial charge on any atom is -0.450 e. The number of Topliss-reactive ketones (excluding diaryl/α,β-unsaturated/α-hetero) is 1. The first-order chi connectivity index (χ1) is 6.15. The fourth-order valence-electron chi connectivity index (χ4n) is 1.30. The molecule has 0 spiro atoms. The Kier molecular flexibility index (Phi) is 3.28. The van der Waals surface area contributed by atoms with Gasteiger partial charge in [0.1, 0.15) is 0 Å². The predicted octanol–water partition coefficient (Wildman–Crippen LogP) is 1.05. The summed E-state index contributed by atoms with van der Waals surface area (Å²) in [6, 6.07) is 0. The zero-order valence-electron chi connectivity index (χ0n) is 8.08. The summed E-state index contributed by atoms with van der Waals surface area (Å²) in [6.45, 7) is 4.85. The molecule has 0 aromatic heterocycles. The summed E-state index contributed by atoms with van der Waals surface area (Å²) in [4.78, 5) is 23.9. The van der Waals surface area contributed by atoms with Gasteiger partial charge in [0.05, 0.1) is 13.2 Å². The number of nitrogens with zero attached hydrogens (tertiary/aromatic N) is 1. The summed E-state index contributed by atoms with van der Waals surface area (Å²) in [5.41, 5.74) is 0. The minimum absolute atomic E-state index is 0.0886. The van der Waals surface area contributed by atoms with Crippen LogP contribution in [-0.4, -0.2) is 36.5 Å². The molecule has 1 aliphatic rings. The van der Waals surface area contributed by atoms with Gasteiger partial charge in [-0.3, -0.25) is 4.79 Å². The van der Waals surface area contributed by atoms with Crippen molar-refractivity contribution < 1.29 is 14.3 Å². The summed E-state index contributed by atoms with van der Waals surface area (Å²) in [5, 5.41) is 0. The zero-order chi connectivity index (χ0) is 9.84. The van der Waals surface area contributed by atoms with Gasteiger partial charge in [-0.05, 0) is 13.3 Å². The minimum atomic E-state index is -0.372. The van der Waals surface area contributed by atoms with E-state index < -0.39 is 0 Å². The van der Waals surface area contributed by atoms with E-state index in [1.54, 1.807) is 6.92 Å². The topological polar surface area (TPSA) is 46.6 Å². The lowest BCUT2D eigenvalue weighted by Gasteiger charge is -2.28. The lowest BCUT2D eigenvalue weighted by molar-refractivity contribution is -0.125. The fourth-order valence-corrected chi connectivity index (χ4v) is 1.30. The third kappa shape index (κ3) is 2.44. The van der Waals surface area contributed by atoms with Crippen LogP contribution in [0.2, 0.25) is 0 Å². The number of rotatable bonds is 1. The molecular weight excluding hydrogens is 170 g/mol. The molecule has 1 atom stereocenters. The van der Waals surface area contributed by atoms with E-state index >= 15 is 0 Å². The van der Waals surface area contributed by atoms with E-state index in [1.165, 1.54) is 4.90 Å². The molecule has 0 aromatic rings. The highest BCUT2D eigenvalue weighted by Crippen LogP contribution is 2.13. The van der Waals surface area contributed by atoms with Crippen molar-refractivity contribution >= 4 is 11.9 Å². The Balaban J connectivity index is 2.45. The van der Waals surface area contributed by atoms with Crippen molar-refractivity contribution in [3.63, 3.8) is 0 Å². The maximum Gasteiger partial charge on any atom is 0.410 e. The first kappa shape index (κ1) is 10.0. The SMILES string of the molecule is CCOC(=O)N1CCC(C)C(=O)C1. The predicted molar refractivity (Wildman–Crippen MR) is 47.4 cm³/mol. The molecule has 1 aliphatic heterocycles. The maximum absolute atomic E-state index is 11.3. The molecule has 4 heteroatoms. The lowest BCUT2D eigenvalue weighted by atomic mass is 9.98. The van der Waals surface area contributed by atoms with Crippen molar-refractivity contribution in [2.45, 2.75) is 20.3 Å². The second-order valence-electron chi connectivity index (χ2n) is 3.28. The number of ether oxygens (including phenoxy) is 1. The van der Waals surface area contributed by atoms with Crippen LogP contribution in [0.3, 0.4) is 0 Å². The third-order valence-electron chi connectivity index (χ3n) is 2.25. The third-order valence-corrected chi connectivity index (χ3v) is 2.25. The molecule has 0 radical (unpaired) electrons. The van der Waals surface area contributed by atoms with Crippen LogP contribution < -0.4 is 0 Å². The normalized spacial score (nSPS) is 23.1. The van der Waals surface area contributed by atoms with Gasteiger partial charge in [0, 0.05) is 12.5 Å². The monoisotopic (exact) mass is 185 g/mol.